The summed E-state index contributed by atoms with van der Waals surface area (Å²) in [5.74, 6) is -0.668. The minimum Gasteiger partial charge on any atom is -0.347 e. The van der Waals surface area contributed by atoms with E-state index in [1.165, 1.54) is 18.2 Å². The number of nitrogens with zero attached hydrogens (tertiary/aromatic N) is 1. The van der Waals surface area contributed by atoms with Gasteiger partial charge >= 0.3 is 0 Å². The van der Waals surface area contributed by atoms with E-state index in [2.05, 4.69) is 4.72 Å². The van der Waals surface area contributed by atoms with Gasteiger partial charge in [-0.25, -0.2) is 13.1 Å². The van der Waals surface area contributed by atoms with Crippen molar-refractivity contribution >= 4 is 38.4 Å². The van der Waals surface area contributed by atoms with E-state index in [4.69, 9.17) is 11.6 Å². The number of amides is 1. The zero-order chi connectivity index (χ0) is 17.3. The van der Waals surface area contributed by atoms with Crippen LogP contribution in [0.3, 0.4) is 0 Å². The highest BCUT2D eigenvalue weighted by Gasteiger charge is 2.21. The Bertz CT molecular complexity index is 1030. The lowest BCUT2D eigenvalue weighted by Crippen LogP contribution is -2.30. The zero-order valence-electron chi connectivity index (χ0n) is 12.9. The molecule has 0 radical (unpaired) electrons. The molecule has 0 aliphatic rings. The number of hydrogen-bond acceptors (Lipinski definition) is 3. The Hall–Kier alpha value is -2.31. The van der Waals surface area contributed by atoms with Crippen LogP contribution in [0, 0.1) is 0 Å². The van der Waals surface area contributed by atoms with E-state index in [0.29, 0.717) is 17.5 Å². The molecule has 3 aromatic rings. The van der Waals surface area contributed by atoms with Gasteiger partial charge < -0.3 is 4.57 Å². The van der Waals surface area contributed by atoms with Crippen LogP contribution in [-0.4, -0.2) is 18.9 Å². The summed E-state index contributed by atoms with van der Waals surface area (Å²) in [5.41, 5.74) is 1.20. The number of fused-ring (bicyclic) bond motifs is 1. The standard InChI is InChI=1S/C17H15ClN2O3S/c1-2-20-11-15(14-8-3-4-9-16(14)20)17(21)19-24(22,23)13-7-5-6-12(18)10-13/h3-11H,2H2,1H3,(H,19,21). The van der Waals surface area contributed by atoms with Crippen molar-refractivity contribution in [2.45, 2.75) is 18.4 Å². The van der Waals surface area contributed by atoms with Crippen LogP contribution in [0.4, 0.5) is 0 Å². The van der Waals surface area contributed by atoms with Crippen LogP contribution in [0.1, 0.15) is 17.3 Å². The molecule has 0 aliphatic heterocycles. The second kappa shape index (κ2) is 6.30. The Morgan fingerprint density at radius 2 is 1.92 bits per heavy atom. The van der Waals surface area contributed by atoms with Crippen LogP contribution < -0.4 is 4.72 Å². The molecule has 0 saturated heterocycles. The van der Waals surface area contributed by atoms with Gasteiger partial charge in [-0.2, -0.15) is 0 Å². The van der Waals surface area contributed by atoms with Crippen LogP contribution in [0.2, 0.25) is 5.02 Å². The minimum atomic E-state index is -3.99. The molecule has 0 spiro atoms. The Labute approximate surface area is 144 Å². The molecule has 3 rings (SSSR count). The first kappa shape index (κ1) is 16.5. The highest BCUT2D eigenvalue weighted by atomic mass is 35.5. The van der Waals surface area contributed by atoms with Crippen molar-refractivity contribution in [1.29, 1.82) is 0 Å². The smallest absolute Gasteiger partial charge is 0.267 e. The first-order chi connectivity index (χ1) is 11.4. The number of aromatic nitrogens is 1. The highest BCUT2D eigenvalue weighted by molar-refractivity contribution is 7.90. The number of para-hydroxylation sites is 1. The summed E-state index contributed by atoms with van der Waals surface area (Å²) in [4.78, 5) is 12.5. The van der Waals surface area contributed by atoms with Gasteiger partial charge in [-0.1, -0.05) is 35.9 Å². The van der Waals surface area contributed by atoms with Crippen LogP contribution in [0.25, 0.3) is 10.9 Å². The summed E-state index contributed by atoms with van der Waals surface area (Å²) in [7, 11) is -3.99. The summed E-state index contributed by atoms with van der Waals surface area (Å²) < 4.78 is 28.8. The van der Waals surface area contributed by atoms with Gasteiger partial charge in [0.25, 0.3) is 15.9 Å². The maximum absolute atomic E-state index is 12.5. The topological polar surface area (TPSA) is 68.2 Å². The average Bonchev–Trinajstić information content (AvgIpc) is 2.93. The molecule has 1 N–H and O–H groups in total. The van der Waals surface area contributed by atoms with Crippen molar-refractivity contribution in [3.05, 3.63) is 65.3 Å². The zero-order valence-corrected chi connectivity index (χ0v) is 14.4. The quantitative estimate of drug-likeness (QED) is 0.773. The van der Waals surface area contributed by atoms with Crippen molar-refractivity contribution in [2.24, 2.45) is 0 Å². The molecular weight excluding hydrogens is 348 g/mol. The summed E-state index contributed by atoms with van der Waals surface area (Å²) in [5, 5.41) is 0.992. The number of rotatable bonds is 4. The number of aryl methyl sites for hydroxylation is 1. The van der Waals surface area contributed by atoms with Gasteiger partial charge in [0.05, 0.1) is 10.5 Å². The van der Waals surface area contributed by atoms with E-state index >= 15 is 0 Å². The summed E-state index contributed by atoms with van der Waals surface area (Å²) in [6.07, 6.45) is 1.66. The monoisotopic (exact) mass is 362 g/mol. The third kappa shape index (κ3) is 3.02. The van der Waals surface area contributed by atoms with Gasteiger partial charge in [-0.15, -0.1) is 0 Å². The van der Waals surface area contributed by atoms with E-state index in [1.807, 2.05) is 29.7 Å². The fraction of sp³-hybridized carbons (Fsp3) is 0.118. The number of nitrogens with one attached hydrogen (secondary N) is 1. The molecule has 1 heterocycles. The van der Waals surface area contributed by atoms with Crippen molar-refractivity contribution in [2.75, 3.05) is 0 Å². The molecular formula is C17H15ClN2O3S. The summed E-state index contributed by atoms with van der Waals surface area (Å²) >= 11 is 5.82. The molecule has 0 fully saturated rings. The Balaban J connectivity index is 1.99. The van der Waals surface area contributed by atoms with E-state index < -0.39 is 15.9 Å². The molecule has 0 atom stereocenters. The van der Waals surface area contributed by atoms with Gasteiger partial charge in [-0.3, -0.25) is 4.79 Å². The van der Waals surface area contributed by atoms with Gasteiger partial charge in [0.15, 0.2) is 0 Å². The molecule has 124 valence electrons. The fourth-order valence-electron chi connectivity index (χ4n) is 2.56. The normalized spacial score (nSPS) is 11.6. The second-order valence-corrected chi connectivity index (χ2v) is 7.36. The van der Waals surface area contributed by atoms with E-state index in [0.717, 1.165) is 5.52 Å². The maximum Gasteiger partial charge on any atom is 0.267 e. The predicted octanol–water partition coefficient (Wildman–Crippen LogP) is 3.43. The first-order valence-electron chi connectivity index (χ1n) is 7.33. The summed E-state index contributed by atoms with van der Waals surface area (Å²) in [6.45, 7) is 2.63. The second-order valence-electron chi connectivity index (χ2n) is 5.24. The number of hydrogen-bond donors (Lipinski definition) is 1. The number of sulfonamides is 1. The Morgan fingerprint density at radius 3 is 2.62 bits per heavy atom. The minimum absolute atomic E-state index is 0.0532. The van der Waals surface area contributed by atoms with E-state index in [9.17, 15) is 13.2 Å². The number of carbonyl (C=O) groups is 1. The lowest BCUT2D eigenvalue weighted by molar-refractivity contribution is 0.0983. The van der Waals surface area contributed by atoms with Crippen LogP contribution in [0.15, 0.2) is 59.6 Å². The Morgan fingerprint density at radius 1 is 1.17 bits per heavy atom. The predicted molar refractivity (Wildman–Crippen MR) is 93.7 cm³/mol. The van der Waals surface area contributed by atoms with Crippen molar-refractivity contribution < 1.29 is 13.2 Å². The molecule has 0 unspecified atom stereocenters. The lowest BCUT2D eigenvalue weighted by Gasteiger charge is -2.06. The average molecular weight is 363 g/mol. The third-order valence-corrected chi connectivity index (χ3v) is 5.27. The molecule has 24 heavy (non-hydrogen) atoms. The highest BCUT2D eigenvalue weighted by Crippen LogP contribution is 2.22. The molecule has 0 aliphatic carbocycles. The van der Waals surface area contributed by atoms with Crippen molar-refractivity contribution in [3.8, 4) is 0 Å². The van der Waals surface area contributed by atoms with E-state index in [-0.39, 0.29) is 9.92 Å². The maximum atomic E-state index is 12.5. The lowest BCUT2D eigenvalue weighted by atomic mass is 10.2. The number of carbonyl (C=O) groups excluding carboxylic acids is 1. The van der Waals surface area contributed by atoms with Gasteiger partial charge in [0.1, 0.15) is 0 Å². The molecule has 1 aromatic heterocycles. The Kier molecular flexibility index (Phi) is 4.34. The fourth-order valence-corrected chi connectivity index (χ4v) is 3.83. The van der Waals surface area contributed by atoms with Gasteiger partial charge in [-0.05, 0) is 31.2 Å². The SMILES string of the molecule is CCn1cc(C(=O)NS(=O)(=O)c2cccc(Cl)c2)c2ccccc21. The largest absolute Gasteiger partial charge is 0.347 e. The number of benzene rings is 2. The van der Waals surface area contributed by atoms with E-state index in [1.54, 1.807) is 18.3 Å². The van der Waals surface area contributed by atoms with Gasteiger partial charge in [0, 0.05) is 28.7 Å². The van der Waals surface area contributed by atoms with Crippen LogP contribution >= 0.6 is 11.6 Å². The van der Waals surface area contributed by atoms with Crippen molar-refractivity contribution in [3.63, 3.8) is 0 Å². The molecule has 1 amide bonds. The van der Waals surface area contributed by atoms with Crippen molar-refractivity contribution in [1.82, 2.24) is 9.29 Å². The summed E-state index contributed by atoms with van der Waals surface area (Å²) in [6, 6.07) is 13.1. The van der Waals surface area contributed by atoms with Gasteiger partial charge in [0.2, 0.25) is 0 Å². The molecule has 0 bridgehead atoms. The molecule has 0 saturated carbocycles. The molecule has 7 heteroatoms. The molecule has 5 nitrogen and oxygen atoms in total. The van der Waals surface area contributed by atoms with Crippen LogP contribution in [0.5, 0.6) is 0 Å². The number of halogens is 1. The third-order valence-electron chi connectivity index (χ3n) is 3.71. The molecule has 2 aromatic carbocycles. The first-order valence-corrected chi connectivity index (χ1v) is 9.19. The van der Waals surface area contributed by atoms with Crippen LogP contribution in [-0.2, 0) is 16.6 Å².